The first-order chi connectivity index (χ1) is 19.6. The van der Waals surface area contributed by atoms with Crippen LogP contribution in [0.25, 0.3) is 0 Å². The van der Waals surface area contributed by atoms with Gasteiger partial charge in [-0.15, -0.1) is 0 Å². The third kappa shape index (κ3) is 6.33. The Morgan fingerprint density at radius 1 is 1.00 bits per heavy atom. The Kier molecular flexibility index (Phi) is 9.63. The fourth-order valence-corrected chi connectivity index (χ4v) is 8.80. The lowest BCUT2D eigenvalue weighted by Crippen LogP contribution is -2.60. The summed E-state index contributed by atoms with van der Waals surface area (Å²) < 4.78 is 48.5. The van der Waals surface area contributed by atoms with Gasteiger partial charge in [-0.3, -0.25) is 24.0 Å². The topological polar surface area (TPSA) is 104 Å². The number of rotatable bonds is 11. The van der Waals surface area contributed by atoms with Crippen LogP contribution >= 0.6 is 0 Å². The van der Waals surface area contributed by atoms with Gasteiger partial charge in [0.05, 0.1) is 6.61 Å². The van der Waals surface area contributed by atoms with Crippen molar-refractivity contribution in [3.8, 4) is 0 Å². The van der Waals surface area contributed by atoms with Crippen molar-refractivity contribution in [2.45, 2.75) is 110 Å². The van der Waals surface area contributed by atoms with Gasteiger partial charge < -0.3 is 9.47 Å². The molecule has 0 N–H and O–H groups in total. The summed E-state index contributed by atoms with van der Waals surface area (Å²) in [6.45, 7) is 5.60. The first-order valence-electron chi connectivity index (χ1n) is 15.5. The molecule has 0 saturated heterocycles. The van der Waals surface area contributed by atoms with Gasteiger partial charge in [0, 0.05) is 56.8 Å². The second kappa shape index (κ2) is 12.4. The molecule has 4 fully saturated rings. The number of carbonyl (C=O) groups is 5. The van der Waals surface area contributed by atoms with Gasteiger partial charge in [0.2, 0.25) is 0 Å². The van der Waals surface area contributed by atoms with Gasteiger partial charge in [0.1, 0.15) is 24.0 Å². The molecule has 4 saturated carbocycles. The first-order valence-corrected chi connectivity index (χ1v) is 15.5. The third-order valence-corrected chi connectivity index (χ3v) is 11.4. The number of ether oxygens (including phenoxy) is 2. The molecule has 4 aliphatic rings. The van der Waals surface area contributed by atoms with E-state index in [0.717, 1.165) is 19.3 Å². The number of esters is 2. The number of hydrogen-bond donors (Lipinski definition) is 0. The SMILES string of the molecule is C[C@H](CCC(=O)OCCCC(=O)OCC(F)C(C)(F)F)[C@H]1CC[C@H]2[C@@H]3C(=O)C[C@@H]4CC(=O)CC[C@]4(C)[C@H]3CC(=O)[C@]12C. The molecule has 0 aliphatic heterocycles. The number of fused-ring (bicyclic) bond motifs is 5. The fourth-order valence-electron chi connectivity index (χ4n) is 8.80. The van der Waals surface area contributed by atoms with E-state index in [2.05, 4.69) is 11.7 Å². The van der Waals surface area contributed by atoms with E-state index in [9.17, 15) is 37.1 Å². The molecule has 4 rings (SSSR count). The average Bonchev–Trinajstić information content (AvgIpc) is 3.27. The van der Waals surface area contributed by atoms with Gasteiger partial charge >= 0.3 is 11.9 Å². The smallest absolute Gasteiger partial charge is 0.306 e. The number of alkyl halides is 3. The van der Waals surface area contributed by atoms with Crippen LogP contribution in [0, 0.1) is 46.3 Å². The Morgan fingerprint density at radius 3 is 2.38 bits per heavy atom. The summed E-state index contributed by atoms with van der Waals surface area (Å²) >= 11 is 0. The summed E-state index contributed by atoms with van der Waals surface area (Å²) in [4.78, 5) is 63.6. The van der Waals surface area contributed by atoms with Gasteiger partial charge in [0.15, 0.2) is 6.17 Å². The van der Waals surface area contributed by atoms with Crippen molar-refractivity contribution in [3.63, 3.8) is 0 Å². The van der Waals surface area contributed by atoms with Crippen LogP contribution in [0.4, 0.5) is 13.2 Å². The second-order valence-corrected chi connectivity index (χ2v) is 13.9. The molecule has 0 spiro atoms. The monoisotopic (exact) mass is 598 g/mol. The Labute approximate surface area is 246 Å². The lowest BCUT2D eigenvalue weighted by atomic mass is 9.44. The highest BCUT2D eigenvalue weighted by Gasteiger charge is 2.66. The molecule has 0 aromatic rings. The van der Waals surface area contributed by atoms with Crippen LogP contribution in [0.5, 0.6) is 0 Å². The molecule has 4 aliphatic carbocycles. The van der Waals surface area contributed by atoms with Gasteiger partial charge in [-0.2, -0.15) is 0 Å². The quantitative estimate of drug-likeness (QED) is 0.217. The van der Waals surface area contributed by atoms with Gasteiger partial charge in [-0.25, -0.2) is 13.2 Å². The van der Waals surface area contributed by atoms with E-state index in [0.29, 0.717) is 39.0 Å². The summed E-state index contributed by atoms with van der Waals surface area (Å²) in [5.74, 6) is -4.23. The minimum atomic E-state index is -3.59. The molecule has 1 unspecified atom stereocenters. The van der Waals surface area contributed by atoms with E-state index < -0.39 is 36.1 Å². The second-order valence-electron chi connectivity index (χ2n) is 13.9. The van der Waals surface area contributed by atoms with E-state index in [1.165, 1.54) is 0 Å². The Bertz CT molecular complexity index is 1090. The van der Waals surface area contributed by atoms with Crippen molar-refractivity contribution in [2.24, 2.45) is 46.3 Å². The minimum Gasteiger partial charge on any atom is -0.466 e. The average molecular weight is 599 g/mol. The van der Waals surface area contributed by atoms with Gasteiger partial charge in [-0.05, 0) is 67.1 Å². The summed E-state index contributed by atoms with van der Waals surface area (Å²) in [5.41, 5.74) is -0.776. The molecular formula is C32H45F3O7. The third-order valence-electron chi connectivity index (χ3n) is 11.4. The summed E-state index contributed by atoms with van der Waals surface area (Å²) in [5, 5.41) is 0. The molecule has 0 bridgehead atoms. The zero-order chi connectivity index (χ0) is 31.0. The van der Waals surface area contributed by atoms with Crippen LogP contribution in [0.1, 0.15) is 98.3 Å². The van der Waals surface area contributed by atoms with Crippen molar-refractivity contribution in [1.29, 1.82) is 0 Å². The molecule has 0 aromatic carbocycles. The van der Waals surface area contributed by atoms with Crippen LogP contribution in [-0.4, -0.2) is 54.6 Å². The normalized spacial score (nSPS) is 36.0. The lowest BCUT2D eigenvalue weighted by molar-refractivity contribution is -0.166. The van der Waals surface area contributed by atoms with Crippen molar-refractivity contribution < 1.29 is 46.6 Å². The summed E-state index contributed by atoms with van der Waals surface area (Å²) in [7, 11) is 0. The van der Waals surface area contributed by atoms with Crippen molar-refractivity contribution in [1.82, 2.24) is 0 Å². The maximum Gasteiger partial charge on any atom is 0.306 e. The molecule has 10 heteroatoms. The molecule has 236 valence electrons. The van der Waals surface area contributed by atoms with Gasteiger partial charge in [-0.1, -0.05) is 20.8 Å². The van der Waals surface area contributed by atoms with E-state index in [1.54, 1.807) is 0 Å². The Morgan fingerprint density at radius 2 is 1.69 bits per heavy atom. The van der Waals surface area contributed by atoms with Crippen LogP contribution in [0.15, 0.2) is 0 Å². The fraction of sp³-hybridized carbons (Fsp3) is 0.844. The number of hydrogen-bond acceptors (Lipinski definition) is 7. The zero-order valence-electron chi connectivity index (χ0n) is 25.2. The highest BCUT2D eigenvalue weighted by molar-refractivity contribution is 5.93. The highest BCUT2D eigenvalue weighted by Crippen LogP contribution is 2.66. The molecule has 9 atom stereocenters. The van der Waals surface area contributed by atoms with E-state index in [4.69, 9.17) is 4.74 Å². The van der Waals surface area contributed by atoms with E-state index in [-0.39, 0.29) is 84.1 Å². The Hall–Kier alpha value is -2.26. The molecular weight excluding hydrogens is 553 g/mol. The van der Waals surface area contributed by atoms with E-state index >= 15 is 0 Å². The molecule has 42 heavy (non-hydrogen) atoms. The molecule has 0 radical (unpaired) electrons. The van der Waals surface area contributed by atoms with Crippen molar-refractivity contribution >= 4 is 29.3 Å². The van der Waals surface area contributed by atoms with Crippen LogP contribution in [0.2, 0.25) is 0 Å². The van der Waals surface area contributed by atoms with Crippen LogP contribution < -0.4 is 0 Å². The van der Waals surface area contributed by atoms with Crippen LogP contribution in [0.3, 0.4) is 0 Å². The first kappa shape index (κ1) is 32.6. The van der Waals surface area contributed by atoms with Crippen LogP contribution in [-0.2, 0) is 33.4 Å². The Balaban J connectivity index is 1.26. The van der Waals surface area contributed by atoms with Crippen molar-refractivity contribution in [2.75, 3.05) is 13.2 Å². The molecule has 0 aromatic heterocycles. The maximum absolute atomic E-state index is 13.9. The number of halogens is 3. The largest absolute Gasteiger partial charge is 0.466 e. The molecule has 0 heterocycles. The van der Waals surface area contributed by atoms with E-state index in [1.807, 2.05) is 13.8 Å². The summed E-state index contributed by atoms with van der Waals surface area (Å²) in [6.07, 6.45) is 2.19. The highest BCUT2D eigenvalue weighted by atomic mass is 19.3. The number of ketones is 3. The minimum absolute atomic E-state index is 0.00488. The predicted octanol–water partition coefficient (Wildman–Crippen LogP) is 5.85. The van der Waals surface area contributed by atoms with Crippen molar-refractivity contribution in [3.05, 3.63) is 0 Å². The zero-order valence-corrected chi connectivity index (χ0v) is 25.2. The number of carbonyl (C=O) groups excluding carboxylic acids is 5. The number of Topliss-reactive ketones (excluding diaryl/α,β-unsaturated/α-hetero) is 3. The summed E-state index contributed by atoms with van der Waals surface area (Å²) in [6, 6.07) is 0. The van der Waals surface area contributed by atoms with Gasteiger partial charge in [0.25, 0.3) is 5.92 Å². The lowest BCUT2D eigenvalue weighted by Gasteiger charge is -2.58. The molecule has 7 nitrogen and oxygen atoms in total. The maximum atomic E-state index is 13.9. The predicted molar refractivity (Wildman–Crippen MR) is 146 cm³/mol. The molecule has 0 amide bonds. The standard InChI is InChI=1S/C32H45F3O7/c1-18(7-10-28(40)41-13-5-6-27(39)42-17-25(33)32(4,34)35)21-8-9-22-29-23(16-26(38)31(21,22)3)30(2)12-11-20(36)14-19(30)15-24(29)37/h18-19,21-23,25,29H,5-17H2,1-4H3/t18-,19+,21-,22+,23+,25?,29+,30+,31-/m1/s1.